The van der Waals surface area contributed by atoms with Gasteiger partial charge in [-0.25, -0.2) is 0 Å². The monoisotopic (exact) mass is 314 g/mol. The Balaban J connectivity index is 2.10. The van der Waals surface area contributed by atoms with Crippen LogP contribution in [0.25, 0.3) is 0 Å². The van der Waals surface area contributed by atoms with Crippen molar-refractivity contribution in [1.82, 2.24) is 0 Å². The highest BCUT2D eigenvalue weighted by atomic mass is 16.3. The minimum absolute atomic E-state index is 0.0595. The molecule has 3 nitrogen and oxygen atoms in total. The second kappa shape index (κ2) is 4.37. The SMILES string of the molecule is CC1=C[C@@H]2C[C@H](C)[C@H]3CC[C@H](C)[C@]4(C1)C(=O)C(O)=C(C)C(=O)[C@]234. The second-order valence-corrected chi connectivity index (χ2v) is 8.57. The molecule has 3 heteroatoms. The van der Waals surface area contributed by atoms with Gasteiger partial charge in [-0.2, -0.15) is 0 Å². The summed E-state index contributed by atoms with van der Waals surface area (Å²) in [4.78, 5) is 26.9. The Kier molecular flexibility index (Phi) is 2.88. The Bertz CT molecular complexity index is 685. The van der Waals surface area contributed by atoms with E-state index in [0.717, 1.165) is 19.3 Å². The first-order chi connectivity index (χ1) is 10.8. The van der Waals surface area contributed by atoms with Crippen LogP contribution in [0.1, 0.15) is 53.4 Å². The molecular weight excluding hydrogens is 288 g/mol. The Labute approximate surface area is 137 Å². The lowest BCUT2D eigenvalue weighted by molar-refractivity contribution is -0.174. The summed E-state index contributed by atoms with van der Waals surface area (Å²) >= 11 is 0. The summed E-state index contributed by atoms with van der Waals surface area (Å²) in [6.45, 7) is 8.09. The van der Waals surface area contributed by atoms with Gasteiger partial charge in [-0.3, -0.25) is 9.59 Å². The molecule has 23 heavy (non-hydrogen) atoms. The number of aliphatic hydroxyl groups excluding tert-OH is 1. The molecular formula is C20H26O3. The number of aliphatic hydroxyl groups is 1. The maximum Gasteiger partial charge on any atom is 0.205 e. The highest BCUT2D eigenvalue weighted by molar-refractivity contribution is 6.17. The summed E-state index contributed by atoms with van der Waals surface area (Å²) in [6, 6.07) is 0. The maximum absolute atomic E-state index is 13.5. The Hall–Kier alpha value is -1.38. The van der Waals surface area contributed by atoms with Gasteiger partial charge < -0.3 is 5.11 Å². The molecule has 0 unspecified atom stereocenters. The number of allylic oxidation sites excluding steroid dienone is 4. The normalized spacial score (nSPS) is 49.0. The van der Waals surface area contributed by atoms with Crippen LogP contribution in [-0.2, 0) is 9.59 Å². The average Bonchev–Trinajstić information content (AvgIpc) is 2.79. The van der Waals surface area contributed by atoms with Crippen LogP contribution in [0.2, 0.25) is 0 Å². The van der Waals surface area contributed by atoms with Crippen LogP contribution >= 0.6 is 0 Å². The highest BCUT2D eigenvalue weighted by Gasteiger charge is 2.76. The van der Waals surface area contributed by atoms with Crippen molar-refractivity contribution in [3.05, 3.63) is 23.0 Å². The van der Waals surface area contributed by atoms with Crippen LogP contribution in [0.15, 0.2) is 23.0 Å². The summed E-state index contributed by atoms with van der Waals surface area (Å²) in [5.74, 6) is 0.662. The topological polar surface area (TPSA) is 54.4 Å². The zero-order chi connectivity index (χ0) is 16.7. The largest absolute Gasteiger partial charge is 0.504 e. The number of carbonyl (C=O) groups excluding carboxylic acids is 2. The van der Waals surface area contributed by atoms with Crippen molar-refractivity contribution in [1.29, 1.82) is 0 Å². The van der Waals surface area contributed by atoms with Crippen LogP contribution in [0, 0.1) is 34.5 Å². The van der Waals surface area contributed by atoms with Crippen molar-refractivity contribution in [2.45, 2.75) is 53.4 Å². The van der Waals surface area contributed by atoms with E-state index in [4.69, 9.17) is 0 Å². The van der Waals surface area contributed by atoms with Crippen LogP contribution in [-0.4, -0.2) is 16.7 Å². The second-order valence-electron chi connectivity index (χ2n) is 8.57. The number of ketones is 2. The molecule has 4 aliphatic rings. The van der Waals surface area contributed by atoms with Crippen molar-refractivity contribution < 1.29 is 14.7 Å². The molecule has 0 aromatic carbocycles. The predicted octanol–water partition coefficient (Wildman–Crippen LogP) is 4.00. The highest BCUT2D eigenvalue weighted by Crippen LogP contribution is 2.73. The number of rotatable bonds is 0. The summed E-state index contributed by atoms with van der Waals surface area (Å²) in [5, 5.41) is 10.4. The van der Waals surface area contributed by atoms with Gasteiger partial charge in [-0.05, 0) is 63.2 Å². The zero-order valence-electron chi connectivity index (χ0n) is 14.5. The molecule has 4 rings (SSSR count). The number of hydrogen-bond acceptors (Lipinski definition) is 3. The molecule has 0 bridgehead atoms. The van der Waals surface area contributed by atoms with Gasteiger partial charge in [0.05, 0.1) is 10.8 Å². The molecule has 4 aliphatic carbocycles. The number of carbonyl (C=O) groups is 2. The lowest BCUT2D eigenvalue weighted by Gasteiger charge is -2.62. The van der Waals surface area contributed by atoms with Crippen LogP contribution in [0.3, 0.4) is 0 Å². The van der Waals surface area contributed by atoms with E-state index in [1.165, 1.54) is 5.57 Å². The number of hydrogen-bond donors (Lipinski definition) is 1. The third kappa shape index (κ3) is 1.39. The molecule has 6 atom stereocenters. The lowest BCUT2D eigenvalue weighted by Crippen LogP contribution is -2.66. The Morgan fingerprint density at radius 3 is 2.52 bits per heavy atom. The van der Waals surface area contributed by atoms with Gasteiger partial charge in [-0.1, -0.05) is 25.5 Å². The fourth-order valence-corrected chi connectivity index (χ4v) is 6.92. The van der Waals surface area contributed by atoms with Crippen LogP contribution in [0.4, 0.5) is 0 Å². The summed E-state index contributed by atoms with van der Waals surface area (Å²) in [7, 11) is 0. The van der Waals surface area contributed by atoms with Gasteiger partial charge in [0.2, 0.25) is 5.78 Å². The zero-order valence-corrected chi connectivity index (χ0v) is 14.5. The predicted molar refractivity (Wildman–Crippen MR) is 87.7 cm³/mol. The molecule has 0 aromatic heterocycles. The standard InChI is InChI=1S/C20H26O3/c1-10-7-14-8-11(2)15-6-5-12(3)19(9-10)18(23)16(21)13(4)17(22)20(14,15)19/h7,11-12,14-15,21H,5-6,8-9H2,1-4H3/t11-,12-,14+,15+,19+,20-/m0/s1. The summed E-state index contributed by atoms with van der Waals surface area (Å²) < 4.78 is 0. The third-order valence-corrected chi connectivity index (χ3v) is 7.71. The quantitative estimate of drug-likeness (QED) is 0.688. The van der Waals surface area contributed by atoms with Crippen molar-refractivity contribution in [2.75, 3.05) is 0 Å². The first-order valence-corrected chi connectivity index (χ1v) is 8.95. The first-order valence-electron chi connectivity index (χ1n) is 8.95. The maximum atomic E-state index is 13.5. The van der Waals surface area contributed by atoms with Crippen molar-refractivity contribution in [3.63, 3.8) is 0 Å². The van der Waals surface area contributed by atoms with Gasteiger partial charge in [0, 0.05) is 5.57 Å². The smallest absolute Gasteiger partial charge is 0.205 e. The van der Waals surface area contributed by atoms with Gasteiger partial charge >= 0.3 is 0 Å². The summed E-state index contributed by atoms with van der Waals surface area (Å²) in [6.07, 6.45) is 5.90. The van der Waals surface area contributed by atoms with Crippen molar-refractivity contribution in [2.24, 2.45) is 34.5 Å². The molecule has 2 fully saturated rings. The molecule has 0 amide bonds. The van der Waals surface area contributed by atoms with Crippen LogP contribution in [0.5, 0.6) is 0 Å². The van der Waals surface area contributed by atoms with E-state index in [1.54, 1.807) is 6.92 Å². The molecule has 124 valence electrons. The van der Waals surface area contributed by atoms with Gasteiger partial charge in [0.15, 0.2) is 11.5 Å². The van der Waals surface area contributed by atoms with Gasteiger partial charge in [0.25, 0.3) is 0 Å². The third-order valence-electron chi connectivity index (χ3n) is 7.71. The van der Waals surface area contributed by atoms with E-state index in [1.807, 2.05) is 0 Å². The van der Waals surface area contributed by atoms with Crippen molar-refractivity contribution >= 4 is 11.6 Å². The molecule has 0 heterocycles. The molecule has 0 aliphatic heterocycles. The molecule has 0 saturated heterocycles. The molecule has 1 spiro atoms. The molecule has 1 N–H and O–H groups in total. The van der Waals surface area contributed by atoms with Gasteiger partial charge in [0.1, 0.15) is 0 Å². The van der Waals surface area contributed by atoms with E-state index in [2.05, 4.69) is 26.8 Å². The van der Waals surface area contributed by atoms with E-state index in [9.17, 15) is 14.7 Å². The lowest BCUT2D eigenvalue weighted by atomic mass is 9.38. The van der Waals surface area contributed by atoms with E-state index < -0.39 is 10.8 Å². The van der Waals surface area contributed by atoms with Crippen LogP contribution < -0.4 is 0 Å². The molecule has 0 radical (unpaired) electrons. The summed E-state index contributed by atoms with van der Waals surface area (Å²) in [5.41, 5.74) is 0.194. The average molecular weight is 314 g/mol. The van der Waals surface area contributed by atoms with E-state index >= 15 is 0 Å². The minimum Gasteiger partial charge on any atom is -0.504 e. The Morgan fingerprint density at radius 2 is 1.83 bits per heavy atom. The van der Waals surface area contributed by atoms with E-state index in [0.29, 0.717) is 17.9 Å². The minimum atomic E-state index is -0.717. The number of Topliss-reactive ketones (excluding diaryl/α,β-unsaturated/α-hetero) is 2. The van der Waals surface area contributed by atoms with E-state index in [-0.39, 0.29) is 35.1 Å². The fraction of sp³-hybridized carbons (Fsp3) is 0.700. The fourth-order valence-electron chi connectivity index (χ4n) is 6.92. The molecule has 2 saturated carbocycles. The first kappa shape index (κ1) is 15.2. The van der Waals surface area contributed by atoms with Crippen molar-refractivity contribution in [3.8, 4) is 0 Å². The Morgan fingerprint density at radius 1 is 1.13 bits per heavy atom. The van der Waals surface area contributed by atoms with Gasteiger partial charge in [-0.15, -0.1) is 0 Å². The molecule has 0 aromatic rings.